The summed E-state index contributed by atoms with van der Waals surface area (Å²) >= 11 is 0. The molecule has 3 fully saturated rings. The van der Waals surface area contributed by atoms with Crippen molar-refractivity contribution >= 4 is 28.7 Å². The van der Waals surface area contributed by atoms with Gasteiger partial charge in [-0.25, -0.2) is 9.78 Å². The number of amides is 1. The highest BCUT2D eigenvalue weighted by atomic mass is 16.5. The van der Waals surface area contributed by atoms with Crippen molar-refractivity contribution in [3.8, 4) is 11.6 Å². The molecule has 1 amide bonds. The van der Waals surface area contributed by atoms with E-state index in [0.717, 1.165) is 99.6 Å². The van der Waals surface area contributed by atoms with Gasteiger partial charge in [-0.05, 0) is 94.3 Å². The van der Waals surface area contributed by atoms with Crippen molar-refractivity contribution in [3.63, 3.8) is 0 Å². The van der Waals surface area contributed by atoms with Gasteiger partial charge in [0.25, 0.3) is 0 Å². The van der Waals surface area contributed by atoms with Crippen molar-refractivity contribution in [3.05, 3.63) is 29.8 Å². The number of nitrogens with zero attached hydrogens (tertiary/aromatic N) is 3. The lowest BCUT2D eigenvalue weighted by Gasteiger charge is -2.34. The Kier molecular flexibility index (Phi) is 12.4. The fraction of sp³-hybridized carbons (Fsp3) is 0.707. The Morgan fingerprint density at radius 2 is 1.73 bits per heavy atom. The van der Waals surface area contributed by atoms with E-state index >= 15 is 0 Å². The number of rotatable bonds is 6. The number of carbonyl (C=O) groups excluding carboxylic acids is 3. The quantitative estimate of drug-likeness (QED) is 0.235. The number of hydrogen-bond acceptors (Lipinski definition) is 9. The average molecular weight is 706 g/mol. The standard InChI is InChI=1S/C41H59N3O7/c1-41(2,3)32-26-36(45)51-35-20-13-16-28(35)15-7-5-8-18-31-37(49-24-14-23-43-21-11-6-12-22-43)30-17-9-10-19-33(30)42-38(31)50-29-25-34(40(47)48-4)44(27-29)39(32)46/h9-10,17,19,28-29,32,34-35H,5-8,11-16,18,20-27H2,1-4H3/t28-,29-,32-,34+,35-/m1/s1. The Morgan fingerprint density at radius 1 is 0.961 bits per heavy atom. The summed E-state index contributed by atoms with van der Waals surface area (Å²) < 4.78 is 24.8. The minimum atomic E-state index is -0.830. The van der Waals surface area contributed by atoms with Gasteiger partial charge in [0, 0.05) is 18.4 Å². The van der Waals surface area contributed by atoms with Crippen LogP contribution in [0.15, 0.2) is 24.3 Å². The Balaban J connectivity index is 1.32. The zero-order valence-electron chi connectivity index (χ0n) is 31.3. The molecule has 10 nitrogen and oxygen atoms in total. The molecule has 5 atom stereocenters. The summed E-state index contributed by atoms with van der Waals surface area (Å²) in [5.74, 6) is -0.0847. The van der Waals surface area contributed by atoms with Crippen LogP contribution >= 0.6 is 0 Å². The highest BCUT2D eigenvalue weighted by Gasteiger charge is 2.47. The molecule has 0 unspecified atom stereocenters. The molecule has 0 spiro atoms. The minimum absolute atomic E-state index is 0.0314. The first kappa shape index (κ1) is 37.4. The number of piperidine rings is 1. The molecule has 1 aromatic carbocycles. The van der Waals surface area contributed by atoms with Crippen LogP contribution in [-0.4, -0.2) is 90.8 Å². The number of aromatic nitrogens is 1. The normalized spacial score (nSPS) is 27.1. The molecule has 6 rings (SSSR count). The summed E-state index contributed by atoms with van der Waals surface area (Å²) in [7, 11) is 1.34. The van der Waals surface area contributed by atoms with E-state index in [4.69, 9.17) is 23.9 Å². The molecule has 51 heavy (non-hydrogen) atoms. The second kappa shape index (κ2) is 17.0. The highest BCUT2D eigenvalue weighted by molar-refractivity contribution is 5.90. The van der Waals surface area contributed by atoms with E-state index in [0.29, 0.717) is 18.4 Å². The van der Waals surface area contributed by atoms with E-state index in [-0.39, 0.29) is 37.4 Å². The van der Waals surface area contributed by atoms with Crippen molar-refractivity contribution in [2.75, 3.05) is 39.9 Å². The number of likely N-dealkylation sites (tertiary alicyclic amines) is 1. The molecular weight excluding hydrogens is 646 g/mol. The number of fused-ring (bicyclic) bond motifs is 5. The molecule has 1 saturated carbocycles. The predicted octanol–water partition coefficient (Wildman–Crippen LogP) is 6.89. The van der Waals surface area contributed by atoms with Crippen LogP contribution in [0.2, 0.25) is 0 Å². The van der Waals surface area contributed by atoms with Gasteiger partial charge < -0.3 is 28.7 Å². The fourth-order valence-corrected chi connectivity index (χ4v) is 8.69. The van der Waals surface area contributed by atoms with Crippen LogP contribution < -0.4 is 9.47 Å². The summed E-state index contributed by atoms with van der Waals surface area (Å²) in [6.07, 6.45) is 12.1. The van der Waals surface area contributed by atoms with Crippen molar-refractivity contribution < 1.29 is 33.3 Å². The first-order valence-corrected chi connectivity index (χ1v) is 19.6. The van der Waals surface area contributed by atoms with Gasteiger partial charge in [-0.15, -0.1) is 0 Å². The summed E-state index contributed by atoms with van der Waals surface area (Å²) in [4.78, 5) is 50.2. The van der Waals surface area contributed by atoms with Crippen LogP contribution in [0.3, 0.4) is 0 Å². The topological polar surface area (TPSA) is 108 Å². The van der Waals surface area contributed by atoms with Gasteiger partial charge >= 0.3 is 11.9 Å². The molecule has 280 valence electrons. The molecule has 1 aliphatic carbocycles. The highest BCUT2D eigenvalue weighted by Crippen LogP contribution is 2.40. The lowest BCUT2D eigenvalue weighted by Crippen LogP contribution is -2.48. The molecule has 0 radical (unpaired) electrons. The van der Waals surface area contributed by atoms with E-state index < -0.39 is 29.4 Å². The molecule has 2 bridgehead atoms. The van der Waals surface area contributed by atoms with E-state index in [1.807, 2.05) is 39.0 Å². The average Bonchev–Trinajstić information content (AvgIpc) is 3.75. The van der Waals surface area contributed by atoms with Gasteiger partial charge in [-0.1, -0.05) is 52.2 Å². The van der Waals surface area contributed by atoms with Gasteiger partial charge in [0.05, 0.1) is 43.7 Å². The minimum Gasteiger partial charge on any atom is -0.492 e. The maximum absolute atomic E-state index is 14.4. The number of para-hydroxylation sites is 1. The van der Waals surface area contributed by atoms with Crippen LogP contribution in [-0.2, 0) is 30.3 Å². The molecular formula is C41H59N3O7. The number of esters is 2. The Labute approximate surface area is 303 Å². The van der Waals surface area contributed by atoms with Crippen molar-refractivity contribution in [1.82, 2.24) is 14.8 Å². The van der Waals surface area contributed by atoms with Gasteiger partial charge in [-0.3, -0.25) is 9.59 Å². The van der Waals surface area contributed by atoms with Gasteiger partial charge in [0.1, 0.15) is 24.0 Å². The molecule has 4 heterocycles. The van der Waals surface area contributed by atoms with Crippen LogP contribution in [0.25, 0.3) is 10.9 Å². The summed E-state index contributed by atoms with van der Waals surface area (Å²) in [6, 6.07) is 7.23. The van der Waals surface area contributed by atoms with Crippen LogP contribution in [0.5, 0.6) is 11.6 Å². The maximum atomic E-state index is 14.4. The van der Waals surface area contributed by atoms with E-state index in [9.17, 15) is 14.4 Å². The molecule has 1 aromatic heterocycles. The van der Waals surface area contributed by atoms with Crippen molar-refractivity contribution in [2.45, 2.75) is 129 Å². The first-order valence-electron chi connectivity index (χ1n) is 19.6. The number of pyridine rings is 1. The number of methoxy groups -OCH3 is 1. The molecule has 10 heteroatoms. The molecule has 2 aromatic rings. The number of hydrogen-bond donors (Lipinski definition) is 0. The zero-order valence-corrected chi connectivity index (χ0v) is 31.3. The monoisotopic (exact) mass is 705 g/mol. The Bertz CT molecular complexity index is 1520. The number of ether oxygens (including phenoxy) is 4. The number of benzene rings is 1. The molecule has 2 saturated heterocycles. The first-order chi connectivity index (χ1) is 24.6. The van der Waals surface area contributed by atoms with Crippen molar-refractivity contribution in [2.24, 2.45) is 17.3 Å². The van der Waals surface area contributed by atoms with Crippen molar-refractivity contribution in [1.29, 1.82) is 0 Å². The second-order valence-corrected chi connectivity index (χ2v) is 16.3. The third-order valence-electron chi connectivity index (χ3n) is 11.6. The van der Waals surface area contributed by atoms with Crippen LogP contribution in [0, 0.1) is 17.3 Å². The van der Waals surface area contributed by atoms with Gasteiger partial charge in [-0.2, -0.15) is 0 Å². The fourth-order valence-electron chi connectivity index (χ4n) is 8.69. The van der Waals surface area contributed by atoms with Gasteiger partial charge in [0.15, 0.2) is 0 Å². The summed E-state index contributed by atoms with van der Waals surface area (Å²) in [5, 5.41) is 0.972. The van der Waals surface area contributed by atoms with E-state index in [1.54, 1.807) is 4.90 Å². The third kappa shape index (κ3) is 9.16. The second-order valence-electron chi connectivity index (χ2n) is 16.3. The summed E-state index contributed by atoms with van der Waals surface area (Å²) in [5.41, 5.74) is 1.20. The lowest BCUT2D eigenvalue weighted by molar-refractivity contribution is -0.159. The summed E-state index contributed by atoms with van der Waals surface area (Å²) in [6.45, 7) is 10.0. The zero-order chi connectivity index (χ0) is 36.0. The van der Waals surface area contributed by atoms with Crippen LogP contribution in [0.1, 0.15) is 110 Å². The Hall–Kier alpha value is -3.40. The predicted molar refractivity (Wildman–Crippen MR) is 196 cm³/mol. The lowest BCUT2D eigenvalue weighted by atomic mass is 9.77. The smallest absolute Gasteiger partial charge is 0.328 e. The maximum Gasteiger partial charge on any atom is 0.328 e. The number of carbonyl (C=O) groups is 3. The Morgan fingerprint density at radius 3 is 2.51 bits per heavy atom. The molecule has 0 N–H and O–H groups in total. The SMILES string of the molecule is COC(=O)[C@@H]1C[C@@H]2CN1C(=O)[C@H](C(C)(C)C)CC(=O)O[C@@H]1CCC[C@H]1CCCCCc1c(nc3ccccc3c1OCCCN1CCCCC1)O2. The van der Waals surface area contributed by atoms with Gasteiger partial charge in [0.2, 0.25) is 11.8 Å². The van der Waals surface area contributed by atoms with Crippen LogP contribution in [0.4, 0.5) is 0 Å². The largest absolute Gasteiger partial charge is 0.492 e. The van der Waals surface area contributed by atoms with E-state index in [1.165, 1.54) is 26.4 Å². The van der Waals surface area contributed by atoms with E-state index in [2.05, 4.69) is 11.0 Å². The molecule has 3 aliphatic heterocycles. The molecule has 4 aliphatic rings. The third-order valence-corrected chi connectivity index (χ3v) is 11.6.